The molecule has 1 aromatic rings. The Morgan fingerprint density at radius 3 is 2.57 bits per heavy atom. The zero-order valence-electron chi connectivity index (χ0n) is 8.83. The Hall–Kier alpha value is -1.22. The highest BCUT2D eigenvalue weighted by atomic mass is 16.5. The van der Waals surface area contributed by atoms with Gasteiger partial charge in [-0.2, -0.15) is 0 Å². The molecular formula is C11H16O3. The summed E-state index contributed by atoms with van der Waals surface area (Å²) in [5.41, 5.74) is 2.03. The fourth-order valence-electron chi connectivity index (χ4n) is 1.40. The van der Waals surface area contributed by atoms with Crippen LogP contribution in [0.4, 0.5) is 0 Å². The molecule has 0 spiro atoms. The van der Waals surface area contributed by atoms with Gasteiger partial charge in [-0.3, -0.25) is 0 Å². The molecule has 1 rings (SSSR count). The van der Waals surface area contributed by atoms with Gasteiger partial charge in [-0.1, -0.05) is 6.07 Å². The number of ether oxygens (including phenoxy) is 2. The normalized spacial score (nSPS) is 10.0. The summed E-state index contributed by atoms with van der Waals surface area (Å²) in [7, 11) is 1.63. The van der Waals surface area contributed by atoms with E-state index in [0.29, 0.717) is 6.61 Å². The van der Waals surface area contributed by atoms with Crippen molar-refractivity contribution in [3.05, 3.63) is 23.3 Å². The summed E-state index contributed by atoms with van der Waals surface area (Å²) in [6.07, 6.45) is 0. The Kier molecular flexibility index (Phi) is 3.77. The first-order valence-corrected chi connectivity index (χ1v) is 4.58. The molecule has 0 aliphatic rings. The van der Waals surface area contributed by atoms with E-state index in [1.807, 2.05) is 26.0 Å². The van der Waals surface area contributed by atoms with Crippen molar-refractivity contribution in [1.29, 1.82) is 0 Å². The van der Waals surface area contributed by atoms with Crippen molar-refractivity contribution in [2.75, 3.05) is 20.3 Å². The molecule has 0 unspecified atom stereocenters. The van der Waals surface area contributed by atoms with Gasteiger partial charge in [0.2, 0.25) is 0 Å². The molecule has 0 aromatic heterocycles. The van der Waals surface area contributed by atoms with Gasteiger partial charge in [0.1, 0.15) is 18.1 Å². The van der Waals surface area contributed by atoms with Gasteiger partial charge < -0.3 is 14.6 Å². The molecule has 0 aliphatic carbocycles. The van der Waals surface area contributed by atoms with Gasteiger partial charge in [0.25, 0.3) is 0 Å². The number of aliphatic hydroxyl groups excluding tert-OH is 1. The van der Waals surface area contributed by atoms with E-state index in [4.69, 9.17) is 14.6 Å². The summed E-state index contributed by atoms with van der Waals surface area (Å²) in [4.78, 5) is 0. The van der Waals surface area contributed by atoms with E-state index >= 15 is 0 Å². The van der Waals surface area contributed by atoms with Crippen molar-refractivity contribution in [3.63, 3.8) is 0 Å². The highest BCUT2D eigenvalue weighted by molar-refractivity contribution is 5.48. The molecule has 0 saturated carbocycles. The molecule has 1 aromatic carbocycles. The molecule has 0 aliphatic heterocycles. The van der Waals surface area contributed by atoms with Crippen LogP contribution in [0.3, 0.4) is 0 Å². The SMILES string of the molecule is COc1ccc(C)c(OCCO)c1C. The molecule has 0 bridgehead atoms. The van der Waals surface area contributed by atoms with Crippen molar-refractivity contribution in [3.8, 4) is 11.5 Å². The minimum atomic E-state index is 0.0239. The van der Waals surface area contributed by atoms with Crippen LogP contribution in [0, 0.1) is 13.8 Å². The lowest BCUT2D eigenvalue weighted by molar-refractivity contribution is 0.199. The van der Waals surface area contributed by atoms with E-state index in [0.717, 1.165) is 22.6 Å². The zero-order valence-corrected chi connectivity index (χ0v) is 8.83. The third-order valence-electron chi connectivity index (χ3n) is 2.11. The van der Waals surface area contributed by atoms with Crippen molar-refractivity contribution in [2.45, 2.75) is 13.8 Å². The van der Waals surface area contributed by atoms with E-state index in [2.05, 4.69) is 0 Å². The fourth-order valence-corrected chi connectivity index (χ4v) is 1.40. The summed E-state index contributed by atoms with van der Waals surface area (Å²) >= 11 is 0. The Balaban J connectivity index is 2.99. The Morgan fingerprint density at radius 1 is 1.29 bits per heavy atom. The quantitative estimate of drug-likeness (QED) is 0.796. The van der Waals surface area contributed by atoms with Gasteiger partial charge in [0.15, 0.2) is 0 Å². The molecule has 0 amide bonds. The average molecular weight is 196 g/mol. The first kappa shape index (κ1) is 10.9. The van der Waals surface area contributed by atoms with Gasteiger partial charge >= 0.3 is 0 Å². The molecule has 78 valence electrons. The summed E-state index contributed by atoms with van der Waals surface area (Å²) in [5, 5.41) is 8.68. The summed E-state index contributed by atoms with van der Waals surface area (Å²) in [6.45, 7) is 4.25. The molecule has 0 fully saturated rings. The molecule has 14 heavy (non-hydrogen) atoms. The first-order chi connectivity index (χ1) is 6.70. The number of aliphatic hydroxyl groups is 1. The predicted molar refractivity (Wildman–Crippen MR) is 55.0 cm³/mol. The number of methoxy groups -OCH3 is 1. The van der Waals surface area contributed by atoms with Crippen LogP contribution >= 0.6 is 0 Å². The van der Waals surface area contributed by atoms with E-state index < -0.39 is 0 Å². The molecule has 1 N–H and O–H groups in total. The third kappa shape index (κ3) is 2.17. The highest BCUT2D eigenvalue weighted by Gasteiger charge is 2.08. The Labute approximate surface area is 84.3 Å². The second kappa shape index (κ2) is 4.86. The summed E-state index contributed by atoms with van der Waals surface area (Å²) in [6, 6.07) is 3.86. The number of hydrogen-bond donors (Lipinski definition) is 1. The van der Waals surface area contributed by atoms with Crippen LogP contribution in [0.25, 0.3) is 0 Å². The monoisotopic (exact) mass is 196 g/mol. The lowest BCUT2D eigenvalue weighted by atomic mass is 10.1. The van der Waals surface area contributed by atoms with Gasteiger partial charge in [0, 0.05) is 5.56 Å². The van der Waals surface area contributed by atoms with Crippen molar-refractivity contribution in [2.24, 2.45) is 0 Å². The van der Waals surface area contributed by atoms with Crippen LogP contribution in [0.15, 0.2) is 12.1 Å². The van der Waals surface area contributed by atoms with E-state index in [1.165, 1.54) is 0 Å². The van der Waals surface area contributed by atoms with Gasteiger partial charge in [0.05, 0.1) is 13.7 Å². The number of hydrogen-bond acceptors (Lipinski definition) is 3. The molecular weight excluding hydrogens is 180 g/mol. The van der Waals surface area contributed by atoms with E-state index in [-0.39, 0.29) is 6.61 Å². The van der Waals surface area contributed by atoms with Crippen LogP contribution in [0.1, 0.15) is 11.1 Å². The van der Waals surface area contributed by atoms with Crippen LogP contribution in [-0.4, -0.2) is 25.4 Å². The Bertz CT molecular complexity index is 308. The largest absolute Gasteiger partial charge is 0.496 e. The number of aryl methyl sites for hydroxylation is 1. The average Bonchev–Trinajstić information content (AvgIpc) is 2.18. The maximum absolute atomic E-state index is 8.68. The molecule has 0 heterocycles. The first-order valence-electron chi connectivity index (χ1n) is 4.58. The molecule has 0 atom stereocenters. The van der Waals surface area contributed by atoms with Crippen LogP contribution < -0.4 is 9.47 Å². The van der Waals surface area contributed by atoms with Crippen LogP contribution in [0.5, 0.6) is 11.5 Å². The van der Waals surface area contributed by atoms with E-state index in [1.54, 1.807) is 7.11 Å². The smallest absolute Gasteiger partial charge is 0.128 e. The predicted octanol–water partition coefficient (Wildman–Crippen LogP) is 1.68. The van der Waals surface area contributed by atoms with Crippen molar-refractivity contribution in [1.82, 2.24) is 0 Å². The number of benzene rings is 1. The van der Waals surface area contributed by atoms with Crippen LogP contribution in [-0.2, 0) is 0 Å². The maximum atomic E-state index is 8.68. The fraction of sp³-hybridized carbons (Fsp3) is 0.455. The second-order valence-corrected chi connectivity index (χ2v) is 3.11. The number of rotatable bonds is 4. The molecule has 3 heteroatoms. The molecule has 0 radical (unpaired) electrons. The lowest BCUT2D eigenvalue weighted by Crippen LogP contribution is -2.04. The van der Waals surface area contributed by atoms with E-state index in [9.17, 15) is 0 Å². The van der Waals surface area contributed by atoms with Gasteiger partial charge in [-0.25, -0.2) is 0 Å². The minimum Gasteiger partial charge on any atom is -0.496 e. The summed E-state index contributed by atoms with van der Waals surface area (Å²) in [5.74, 6) is 1.61. The van der Waals surface area contributed by atoms with Crippen molar-refractivity contribution < 1.29 is 14.6 Å². The summed E-state index contributed by atoms with van der Waals surface area (Å²) < 4.78 is 10.6. The lowest BCUT2D eigenvalue weighted by Gasteiger charge is -2.13. The van der Waals surface area contributed by atoms with Crippen LogP contribution in [0.2, 0.25) is 0 Å². The van der Waals surface area contributed by atoms with Crippen molar-refractivity contribution >= 4 is 0 Å². The standard InChI is InChI=1S/C11H16O3/c1-8-4-5-10(13-3)9(2)11(8)14-7-6-12/h4-5,12H,6-7H2,1-3H3. The topological polar surface area (TPSA) is 38.7 Å². The second-order valence-electron chi connectivity index (χ2n) is 3.11. The molecule has 3 nitrogen and oxygen atoms in total. The van der Waals surface area contributed by atoms with Gasteiger partial charge in [-0.05, 0) is 25.5 Å². The highest BCUT2D eigenvalue weighted by Crippen LogP contribution is 2.30. The zero-order chi connectivity index (χ0) is 10.6. The molecule has 0 saturated heterocycles. The third-order valence-corrected chi connectivity index (χ3v) is 2.11. The van der Waals surface area contributed by atoms with Gasteiger partial charge in [-0.15, -0.1) is 0 Å². The minimum absolute atomic E-state index is 0.0239. The Morgan fingerprint density at radius 2 is 2.00 bits per heavy atom. The maximum Gasteiger partial charge on any atom is 0.128 e.